The number of nitrogens with one attached hydrogen (secondary N) is 2. The van der Waals surface area contributed by atoms with Gasteiger partial charge in [0.25, 0.3) is 0 Å². The second-order valence-electron chi connectivity index (χ2n) is 9.25. The number of anilines is 2. The molecule has 0 unspecified atom stereocenters. The third kappa shape index (κ3) is 4.42. The Morgan fingerprint density at radius 2 is 1.97 bits per heavy atom. The van der Waals surface area contributed by atoms with Gasteiger partial charge in [-0.2, -0.15) is 15.4 Å². The number of H-pyrrole nitrogens is 1. The summed E-state index contributed by atoms with van der Waals surface area (Å²) in [5.41, 5.74) is 3.82. The van der Waals surface area contributed by atoms with E-state index in [0.29, 0.717) is 34.3 Å². The number of benzene rings is 1. The molecule has 1 aliphatic rings. The van der Waals surface area contributed by atoms with Crippen LogP contribution in [-0.4, -0.2) is 46.5 Å². The maximum Gasteiger partial charge on any atom is 0.335 e. The number of thiazole rings is 1. The Morgan fingerprint density at radius 1 is 1.08 bits per heavy atom. The zero-order chi connectivity index (χ0) is 26.3. The Hall–Kier alpha value is -4.48. The molecule has 0 saturated heterocycles. The maximum atomic E-state index is 11.7. The molecule has 6 rings (SSSR count). The normalized spacial score (nSPS) is 16.7. The van der Waals surface area contributed by atoms with Gasteiger partial charge in [0.05, 0.1) is 22.3 Å². The van der Waals surface area contributed by atoms with Gasteiger partial charge < -0.3 is 15.5 Å². The minimum atomic E-state index is -1.27. The van der Waals surface area contributed by atoms with E-state index in [4.69, 9.17) is 4.98 Å². The molecule has 0 spiro atoms. The highest BCUT2D eigenvalue weighted by molar-refractivity contribution is 7.15. The van der Waals surface area contributed by atoms with Crippen molar-refractivity contribution in [2.24, 2.45) is 0 Å². The Morgan fingerprint density at radius 3 is 2.79 bits per heavy atom. The van der Waals surface area contributed by atoms with Crippen LogP contribution in [0.1, 0.15) is 44.9 Å². The third-order valence-electron chi connectivity index (χ3n) is 6.59. The van der Waals surface area contributed by atoms with Crippen molar-refractivity contribution in [2.75, 3.05) is 5.32 Å². The summed E-state index contributed by atoms with van der Waals surface area (Å²) in [5.74, 6) is 0.268. The van der Waals surface area contributed by atoms with Crippen molar-refractivity contribution in [1.29, 1.82) is 0 Å². The summed E-state index contributed by atoms with van der Waals surface area (Å²) in [7, 11) is 0. The molecule has 4 N–H and O–H groups in total. The highest BCUT2D eigenvalue weighted by Gasteiger charge is 2.39. The molecular weight excluding hydrogens is 502 g/mol. The number of hydrogen-bond donors (Lipinski definition) is 4. The highest BCUT2D eigenvalue weighted by atomic mass is 32.1. The van der Waals surface area contributed by atoms with E-state index in [1.807, 2.05) is 31.2 Å². The van der Waals surface area contributed by atoms with E-state index in [1.54, 1.807) is 30.7 Å². The zero-order valence-electron chi connectivity index (χ0n) is 20.3. The predicted molar refractivity (Wildman–Crippen MR) is 142 cm³/mol. The number of aromatic amines is 1. The van der Waals surface area contributed by atoms with Crippen molar-refractivity contribution in [1.82, 2.24) is 30.4 Å². The van der Waals surface area contributed by atoms with Crippen LogP contribution in [0.5, 0.6) is 0 Å². The number of fused-ring (bicyclic) bond motifs is 1. The van der Waals surface area contributed by atoms with E-state index >= 15 is 0 Å². The SMILES string of the molecule is Cc1cc(Nc2cc(-c3cn[nH]n3)ccn2)nc(-c2cnc([C@]3(O)CCCc4cc(C(=O)O)ccc43)s2)c1. The molecule has 190 valence electrons. The summed E-state index contributed by atoms with van der Waals surface area (Å²) in [6, 6.07) is 12.5. The van der Waals surface area contributed by atoms with E-state index in [1.165, 1.54) is 17.4 Å². The molecule has 10 nitrogen and oxygen atoms in total. The number of carbonyl (C=O) groups is 1. The van der Waals surface area contributed by atoms with Gasteiger partial charge >= 0.3 is 5.97 Å². The van der Waals surface area contributed by atoms with Crippen LogP contribution in [0.25, 0.3) is 21.8 Å². The largest absolute Gasteiger partial charge is 0.478 e. The highest BCUT2D eigenvalue weighted by Crippen LogP contribution is 2.43. The molecule has 5 aromatic rings. The van der Waals surface area contributed by atoms with Crippen molar-refractivity contribution in [3.8, 4) is 21.8 Å². The number of aromatic nitrogens is 6. The fourth-order valence-corrected chi connectivity index (χ4v) is 5.81. The van der Waals surface area contributed by atoms with E-state index in [9.17, 15) is 15.0 Å². The lowest BCUT2D eigenvalue weighted by Crippen LogP contribution is -2.32. The van der Waals surface area contributed by atoms with Gasteiger partial charge in [-0.25, -0.2) is 19.7 Å². The van der Waals surface area contributed by atoms with Crippen LogP contribution in [0, 0.1) is 6.92 Å². The standard InChI is InChI=1S/C27H23N7O3S/c1-15-9-20(31-24(10-15)32-23-12-17(6-8-28-23)21-13-30-34-33-21)22-14-29-26(38-22)27(37)7-2-3-16-11-18(25(35)36)4-5-19(16)27/h4-6,8-14,37H,2-3,7H2,1H3,(H,35,36)(H,28,31,32)(H,30,33,34)/t27-/m0/s1. The molecule has 1 atom stereocenters. The van der Waals surface area contributed by atoms with Gasteiger partial charge in [0.2, 0.25) is 0 Å². The topological polar surface area (TPSA) is 150 Å². The summed E-state index contributed by atoms with van der Waals surface area (Å²) in [5, 5.41) is 35.5. The van der Waals surface area contributed by atoms with Gasteiger partial charge in [0, 0.05) is 18.0 Å². The summed E-state index contributed by atoms with van der Waals surface area (Å²) >= 11 is 1.39. The fraction of sp³-hybridized carbons (Fsp3) is 0.185. The van der Waals surface area contributed by atoms with E-state index in [-0.39, 0.29) is 5.56 Å². The molecule has 1 aromatic carbocycles. The second kappa shape index (κ2) is 9.43. The monoisotopic (exact) mass is 525 g/mol. The quantitative estimate of drug-likeness (QED) is 0.247. The zero-order valence-corrected chi connectivity index (χ0v) is 21.2. The molecule has 0 bridgehead atoms. The van der Waals surface area contributed by atoms with Crippen molar-refractivity contribution in [3.05, 3.63) is 88.3 Å². The third-order valence-corrected chi connectivity index (χ3v) is 7.76. The van der Waals surface area contributed by atoms with Gasteiger partial charge in [-0.05, 0) is 79.3 Å². The van der Waals surface area contributed by atoms with Crippen LogP contribution in [0.3, 0.4) is 0 Å². The molecule has 0 fully saturated rings. The van der Waals surface area contributed by atoms with Gasteiger partial charge in [0.1, 0.15) is 27.9 Å². The molecule has 0 saturated carbocycles. The molecule has 11 heteroatoms. The Bertz CT molecular complexity index is 1650. The number of carboxylic acid groups (broad SMARTS) is 1. The molecule has 1 aliphatic carbocycles. The maximum absolute atomic E-state index is 11.7. The van der Waals surface area contributed by atoms with Crippen LogP contribution >= 0.6 is 11.3 Å². The molecule has 4 heterocycles. The first kappa shape index (κ1) is 23.9. The van der Waals surface area contributed by atoms with Crippen molar-refractivity contribution in [2.45, 2.75) is 31.8 Å². The number of rotatable bonds is 6. The number of hydrogen-bond acceptors (Lipinski definition) is 9. The van der Waals surface area contributed by atoms with E-state index < -0.39 is 11.6 Å². The Labute approximate surface area is 221 Å². The average molecular weight is 526 g/mol. The van der Waals surface area contributed by atoms with E-state index in [2.05, 4.69) is 30.7 Å². The molecular formula is C27H23N7O3S. The van der Waals surface area contributed by atoms with Crippen LogP contribution in [0.2, 0.25) is 0 Å². The van der Waals surface area contributed by atoms with E-state index in [0.717, 1.165) is 40.1 Å². The number of aliphatic hydroxyl groups is 1. The number of aryl methyl sites for hydroxylation is 2. The second-order valence-corrected chi connectivity index (χ2v) is 10.3. The first-order valence-electron chi connectivity index (χ1n) is 12.0. The molecule has 38 heavy (non-hydrogen) atoms. The number of nitrogens with zero attached hydrogens (tertiary/aromatic N) is 5. The molecule has 4 aromatic heterocycles. The molecule has 0 radical (unpaired) electrons. The van der Waals surface area contributed by atoms with Gasteiger partial charge in [0.15, 0.2) is 0 Å². The number of carboxylic acids is 1. The molecule has 0 amide bonds. The number of pyridine rings is 2. The van der Waals surface area contributed by atoms with Gasteiger partial charge in [-0.1, -0.05) is 6.07 Å². The van der Waals surface area contributed by atoms with Crippen molar-refractivity contribution in [3.63, 3.8) is 0 Å². The van der Waals surface area contributed by atoms with Crippen LogP contribution in [-0.2, 0) is 12.0 Å². The average Bonchev–Trinajstić information content (AvgIpc) is 3.62. The summed E-state index contributed by atoms with van der Waals surface area (Å²) < 4.78 is 0. The van der Waals surface area contributed by atoms with Crippen molar-refractivity contribution >= 4 is 28.9 Å². The van der Waals surface area contributed by atoms with Crippen LogP contribution < -0.4 is 5.32 Å². The lowest BCUT2D eigenvalue weighted by molar-refractivity contribution is 0.0607. The fourth-order valence-electron chi connectivity index (χ4n) is 4.80. The Kier molecular flexibility index (Phi) is 5.93. The first-order valence-corrected chi connectivity index (χ1v) is 12.8. The van der Waals surface area contributed by atoms with Crippen LogP contribution in [0.15, 0.2) is 61.1 Å². The van der Waals surface area contributed by atoms with Gasteiger partial charge in [-0.3, -0.25) is 0 Å². The summed E-state index contributed by atoms with van der Waals surface area (Å²) in [6.07, 6.45) is 7.04. The number of aromatic carboxylic acids is 1. The first-order chi connectivity index (χ1) is 18.4. The molecule has 0 aliphatic heterocycles. The smallest absolute Gasteiger partial charge is 0.335 e. The van der Waals surface area contributed by atoms with Crippen molar-refractivity contribution < 1.29 is 15.0 Å². The van der Waals surface area contributed by atoms with Gasteiger partial charge in [-0.15, -0.1) is 11.3 Å². The predicted octanol–water partition coefficient (Wildman–Crippen LogP) is 4.71. The lowest BCUT2D eigenvalue weighted by Gasteiger charge is -2.33. The van der Waals surface area contributed by atoms with Crippen LogP contribution in [0.4, 0.5) is 11.6 Å². The summed E-state index contributed by atoms with van der Waals surface area (Å²) in [6.45, 7) is 1.99. The minimum Gasteiger partial charge on any atom is -0.478 e. The Balaban J connectivity index is 1.30. The summed E-state index contributed by atoms with van der Waals surface area (Å²) in [4.78, 5) is 26.0. The minimum absolute atomic E-state index is 0.220. The lowest BCUT2D eigenvalue weighted by atomic mass is 9.79.